The molecule has 1 aliphatic rings. The van der Waals surface area contributed by atoms with Crippen LogP contribution in [-0.2, 0) is 10.7 Å². The Hall–Kier alpha value is -2.68. The predicted octanol–water partition coefficient (Wildman–Crippen LogP) is 3.25. The van der Waals surface area contributed by atoms with Gasteiger partial charge in [-0.05, 0) is 32.4 Å². The lowest BCUT2D eigenvalue weighted by Crippen LogP contribution is -2.32. The third-order valence-electron chi connectivity index (χ3n) is 5.19. The number of nitrogens with zero attached hydrogens (tertiary/aromatic N) is 6. The van der Waals surface area contributed by atoms with Crippen LogP contribution in [0.2, 0.25) is 0 Å². The number of fused-ring (bicyclic) bond motifs is 1. The summed E-state index contributed by atoms with van der Waals surface area (Å²) in [5.74, 6) is -2.23. The summed E-state index contributed by atoms with van der Waals surface area (Å²) in [6.07, 6.45) is 3.95. The molecule has 9 heteroatoms. The van der Waals surface area contributed by atoms with E-state index in [1.807, 2.05) is 13.0 Å². The summed E-state index contributed by atoms with van der Waals surface area (Å²) in [6, 6.07) is 3.07. The van der Waals surface area contributed by atoms with Crippen LogP contribution >= 0.6 is 0 Å². The van der Waals surface area contributed by atoms with E-state index in [1.54, 1.807) is 13.3 Å². The van der Waals surface area contributed by atoms with Gasteiger partial charge in [-0.25, -0.2) is 9.97 Å². The molecule has 4 heterocycles. The van der Waals surface area contributed by atoms with Crippen molar-refractivity contribution in [1.29, 1.82) is 0 Å². The Morgan fingerprint density at radius 1 is 1.29 bits per heavy atom. The molecular formula is C19H22F2N6O. The van der Waals surface area contributed by atoms with Crippen LogP contribution in [0.25, 0.3) is 16.9 Å². The molecule has 4 rings (SSSR count). The van der Waals surface area contributed by atoms with Crippen LogP contribution in [0.5, 0.6) is 0 Å². The van der Waals surface area contributed by atoms with Gasteiger partial charge in [-0.15, -0.1) is 5.10 Å². The molecule has 0 spiro atoms. The smallest absolute Gasteiger partial charge is 0.287 e. The minimum atomic E-state index is -3.06. The molecule has 0 N–H and O–H groups in total. The first kappa shape index (κ1) is 18.7. The van der Waals surface area contributed by atoms with E-state index in [-0.39, 0.29) is 17.2 Å². The quantitative estimate of drug-likeness (QED) is 0.683. The Kier molecular flexibility index (Phi) is 4.29. The Morgan fingerprint density at radius 2 is 2.07 bits per heavy atom. The Bertz CT molecular complexity index is 1030. The molecule has 7 nitrogen and oxygen atoms in total. The van der Waals surface area contributed by atoms with E-state index in [9.17, 15) is 8.78 Å². The molecule has 0 bridgehead atoms. The summed E-state index contributed by atoms with van der Waals surface area (Å²) in [6.45, 7) is 6.20. The number of methoxy groups -OCH3 is 1. The molecule has 1 aliphatic heterocycles. The van der Waals surface area contributed by atoms with E-state index in [1.165, 1.54) is 16.9 Å². The van der Waals surface area contributed by atoms with Crippen LogP contribution < -0.4 is 4.90 Å². The number of ether oxygens (including phenoxy) is 1. The molecule has 0 saturated carbocycles. The number of aromatic nitrogens is 5. The second kappa shape index (κ2) is 6.44. The third-order valence-corrected chi connectivity index (χ3v) is 5.19. The topological polar surface area (TPSA) is 69.0 Å². The molecule has 3 aromatic rings. The van der Waals surface area contributed by atoms with Crippen molar-refractivity contribution < 1.29 is 13.5 Å². The van der Waals surface area contributed by atoms with Crippen LogP contribution in [0, 0.1) is 6.92 Å². The van der Waals surface area contributed by atoms with E-state index in [4.69, 9.17) is 4.74 Å². The van der Waals surface area contributed by atoms with E-state index in [2.05, 4.69) is 31.9 Å². The Labute approximate surface area is 161 Å². The maximum absolute atomic E-state index is 13.8. The van der Waals surface area contributed by atoms with Gasteiger partial charge in [0.15, 0.2) is 5.82 Å². The summed E-state index contributed by atoms with van der Waals surface area (Å²) < 4.78 is 34.6. The van der Waals surface area contributed by atoms with Crippen LogP contribution in [-0.4, -0.2) is 50.5 Å². The zero-order valence-electron chi connectivity index (χ0n) is 16.3. The second-order valence-corrected chi connectivity index (χ2v) is 7.53. The van der Waals surface area contributed by atoms with E-state index >= 15 is 0 Å². The number of rotatable bonds is 4. The summed E-state index contributed by atoms with van der Waals surface area (Å²) in [7, 11) is 1.70. The second-order valence-electron chi connectivity index (χ2n) is 7.53. The van der Waals surface area contributed by atoms with E-state index in [0.717, 1.165) is 42.3 Å². The zero-order valence-corrected chi connectivity index (χ0v) is 16.3. The molecule has 0 aliphatic carbocycles. The van der Waals surface area contributed by atoms with Crippen LogP contribution in [0.4, 0.5) is 14.6 Å². The minimum Gasteiger partial charge on any atom is -0.377 e. The lowest BCUT2D eigenvalue weighted by atomic mass is 10.1. The molecule has 1 fully saturated rings. The molecule has 0 amide bonds. The summed E-state index contributed by atoms with van der Waals surface area (Å²) in [5.41, 5.74) is 0.918. The van der Waals surface area contributed by atoms with Gasteiger partial charge in [0.1, 0.15) is 5.69 Å². The van der Waals surface area contributed by atoms with Gasteiger partial charge in [0, 0.05) is 45.2 Å². The van der Waals surface area contributed by atoms with Crippen molar-refractivity contribution in [3.8, 4) is 5.95 Å². The summed E-state index contributed by atoms with van der Waals surface area (Å²) >= 11 is 0. The largest absolute Gasteiger partial charge is 0.377 e. The van der Waals surface area contributed by atoms with Crippen LogP contribution in [0.15, 0.2) is 24.5 Å². The van der Waals surface area contributed by atoms with E-state index in [0.29, 0.717) is 6.54 Å². The fourth-order valence-electron chi connectivity index (χ4n) is 3.46. The minimum absolute atomic E-state index is 0.106. The van der Waals surface area contributed by atoms with Crippen LogP contribution in [0.3, 0.4) is 0 Å². The fourth-order valence-corrected chi connectivity index (χ4v) is 3.46. The molecule has 1 saturated heterocycles. The SMILES string of the molecule is COC1(C)CCN(c2nn(-c3nccc(C(C)(F)F)n3)c3cc(C)ncc23)C1. The average Bonchev–Trinajstić information content (AvgIpc) is 3.22. The maximum atomic E-state index is 13.8. The summed E-state index contributed by atoms with van der Waals surface area (Å²) in [4.78, 5) is 14.7. The highest BCUT2D eigenvalue weighted by Gasteiger charge is 2.36. The number of aryl methyl sites for hydroxylation is 1. The predicted molar refractivity (Wildman–Crippen MR) is 101 cm³/mol. The standard InChI is InChI=1S/C19H22F2N6O/c1-12-9-14-13(10-23-12)16(26-8-6-18(2,11-26)28-4)25-27(14)17-22-7-5-15(24-17)19(3,20)21/h5,7,9-10H,6,8,11H2,1-4H3. The van der Waals surface area contributed by atoms with Gasteiger partial charge in [-0.1, -0.05) is 0 Å². The Morgan fingerprint density at radius 3 is 2.75 bits per heavy atom. The highest BCUT2D eigenvalue weighted by atomic mass is 19.3. The normalized spacial score (nSPS) is 20.3. The number of hydrogen-bond donors (Lipinski definition) is 0. The van der Waals surface area contributed by atoms with Crippen molar-refractivity contribution >= 4 is 16.7 Å². The first-order chi connectivity index (χ1) is 13.2. The summed E-state index contributed by atoms with van der Waals surface area (Å²) in [5, 5.41) is 5.51. The van der Waals surface area contributed by atoms with Gasteiger partial charge in [0.2, 0.25) is 0 Å². The van der Waals surface area contributed by atoms with Crippen molar-refractivity contribution in [2.24, 2.45) is 0 Å². The first-order valence-corrected chi connectivity index (χ1v) is 9.07. The van der Waals surface area contributed by atoms with Gasteiger partial charge in [0.05, 0.1) is 16.5 Å². The molecule has 3 aromatic heterocycles. The maximum Gasteiger partial charge on any atom is 0.287 e. The molecule has 28 heavy (non-hydrogen) atoms. The lowest BCUT2D eigenvalue weighted by molar-refractivity contribution is 0.0125. The number of alkyl halides is 2. The molecule has 148 valence electrons. The molecule has 1 unspecified atom stereocenters. The molecule has 0 aromatic carbocycles. The van der Waals surface area contributed by atoms with Crippen molar-refractivity contribution in [1.82, 2.24) is 24.7 Å². The van der Waals surface area contributed by atoms with Crippen molar-refractivity contribution in [3.05, 3.63) is 35.9 Å². The van der Waals surface area contributed by atoms with Gasteiger partial charge in [0.25, 0.3) is 11.9 Å². The van der Waals surface area contributed by atoms with Crippen molar-refractivity contribution in [2.75, 3.05) is 25.1 Å². The fraction of sp³-hybridized carbons (Fsp3) is 0.474. The Balaban J connectivity index is 1.85. The molecule has 1 atom stereocenters. The van der Waals surface area contributed by atoms with Crippen molar-refractivity contribution in [3.63, 3.8) is 0 Å². The highest BCUT2D eigenvalue weighted by Crippen LogP contribution is 2.34. The first-order valence-electron chi connectivity index (χ1n) is 9.07. The van der Waals surface area contributed by atoms with Gasteiger partial charge in [-0.3, -0.25) is 4.98 Å². The zero-order chi connectivity index (χ0) is 20.1. The van der Waals surface area contributed by atoms with Crippen LogP contribution in [0.1, 0.15) is 31.7 Å². The van der Waals surface area contributed by atoms with Gasteiger partial charge >= 0.3 is 0 Å². The number of anilines is 1. The van der Waals surface area contributed by atoms with Gasteiger partial charge in [-0.2, -0.15) is 13.5 Å². The van der Waals surface area contributed by atoms with Gasteiger partial charge < -0.3 is 9.64 Å². The number of hydrogen-bond acceptors (Lipinski definition) is 6. The number of pyridine rings is 1. The molecule has 0 radical (unpaired) electrons. The average molecular weight is 388 g/mol. The van der Waals surface area contributed by atoms with E-state index < -0.39 is 5.92 Å². The highest BCUT2D eigenvalue weighted by molar-refractivity contribution is 5.91. The molecular weight excluding hydrogens is 366 g/mol. The van der Waals surface area contributed by atoms with Crippen molar-refractivity contribution in [2.45, 2.75) is 38.7 Å². The monoisotopic (exact) mass is 388 g/mol. The number of halogens is 2. The third kappa shape index (κ3) is 3.19. The lowest BCUT2D eigenvalue weighted by Gasteiger charge is -2.22.